The van der Waals surface area contributed by atoms with E-state index in [9.17, 15) is 19.7 Å². The van der Waals surface area contributed by atoms with E-state index in [1.807, 2.05) is 4.90 Å². The van der Waals surface area contributed by atoms with Gasteiger partial charge in [0.05, 0.1) is 4.92 Å². The van der Waals surface area contributed by atoms with Gasteiger partial charge in [-0.2, -0.15) is 0 Å². The van der Waals surface area contributed by atoms with Gasteiger partial charge in [0.25, 0.3) is 5.69 Å². The van der Waals surface area contributed by atoms with Crippen LogP contribution in [0.1, 0.15) is 23.7 Å². The second-order valence-corrected chi connectivity index (χ2v) is 7.59. The number of nitro benzene ring substituents is 1. The zero-order chi connectivity index (χ0) is 21.7. The van der Waals surface area contributed by atoms with Crippen LogP contribution in [-0.4, -0.2) is 54.2 Å². The minimum Gasteiger partial charge on any atom is -0.363 e. The first-order valence-corrected chi connectivity index (χ1v) is 10.0. The molecule has 9 heteroatoms. The fraction of sp³-hybridized carbons (Fsp3) is 0.333. The molecule has 2 aromatic rings. The number of hydrogen-bond donors (Lipinski definition) is 1. The van der Waals surface area contributed by atoms with Gasteiger partial charge in [-0.25, -0.2) is 0 Å². The van der Waals surface area contributed by atoms with E-state index in [1.54, 1.807) is 36.4 Å². The van der Waals surface area contributed by atoms with E-state index in [4.69, 9.17) is 11.6 Å². The predicted octanol–water partition coefficient (Wildman–Crippen LogP) is 3.60. The van der Waals surface area contributed by atoms with Crippen LogP contribution in [0.25, 0.3) is 0 Å². The van der Waals surface area contributed by atoms with Crippen LogP contribution in [0.4, 0.5) is 17.1 Å². The highest BCUT2D eigenvalue weighted by molar-refractivity contribution is 6.30. The lowest BCUT2D eigenvalue weighted by Crippen LogP contribution is -2.47. The quantitative estimate of drug-likeness (QED) is 0.409. The number of hydrogen-bond acceptors (Lipinski definition) is 6. The van der Waals surface area contributed by atoms with E-state index < -0.39 is 4.92 Å². The number of nitrogens with zero attached hydrogens (tertiary/aromatic N) is 3. The molecule has 0 bridgehead atoms. The normalized spacial score (nSPS) is 14.4. The van der Waals surface area contributed by atoms with Crippen molar-refractivity contribution >= 4 is 40.4 Å². The second-order valence-electron chi connectivity index (χ2n) is 7.15. The number of piperazine rings is 1. The van der Waals surface area contributed by atoms with Gasteiger partial charge in [-0.05, 0) is 43.3 Å². The van der Waals surface area contributed by atoms with E-state index >= 15 is 0 Å². The largest absolute Gasteiger partial charge is 0.363 e. The average molecular weight is 431 g/mol. The van der Waals surface area contributed by atoms with Crippen molar-refractivity contribution < 1.29 is 14.5 Å². The summed E-state index contributed by atoms with van der Waals surface area (Å²) in [4.78, 5) is 38.5. The number of ketones is 1. The van der Waals surface area contributed by atoms with Gasteiger partial charge >= 0.3 is 0 Å². The van der Waals surface area contributed by atoms with E-state index in [2.05, 4.69) is 10.2 Å². The first-order chi connectivity index (χ1) is 14.3. The fourth-order valence-electron chi connectivity index (χ4n) is 3.39. The van der Waals surface area contributed by atoms with Crippen LogP contribution >= 0.6 is 11.6 Å². The molecular formula is C21H23ClN4O4. The summed E-state index contributed by atoms with van der Waals surface area (Å²) in [5.41, 5.74) is 1.83. The first-order valence-electron chi connectivity index (χ1n) is 9.65. The number of nitrogens with one attached hydrogen (secondary N) is 1. The monoisotopic (exact) mass is 430 g/mol. The number of carbonyl (C=O) groups is 2. The van der Waals surface area contributed by atoms with Crippen molar-refractivity contribution in [2.45, 2.75) is 13.3 Å². The molecule has 0 radical (unpaired) electrons. The van der Waals surface area contributed by atoms with Crippen molar-refractivity contribution in [2.24, 2.45) is 0 Å². The lowest BCUT2D eigenvalue weighted by molar-refractivity contribution is -0.384. The lowest BCUT2D eigenvalue weighted by Gasteiger charge is -2.35. The van der Waals surface area contributed by atoms with E-state index in [-0.39, 0.29) is 17.4 Å². The highest BCUT2D eigenvalue weighted by Gasteiger charge is 2.24. The number of nitro groups is 1. The molecule has 0 saturated carbocycles. The maximum absolute atomic E-state index is 12.2. The van der Waals surface area contributed by atoms with Crippen molar-refractivity contribution in [1.29, 1.82) is 0 Å². The summed E-state index contributed by atoms with van der Waals surface area (Å²) in [6.07, 6.45) is 0.343. The lowest BCUT2D eigenvalue weighted by atomic mass is 10.1. The summed E-state index contributed by atoms with van der Waals surface area (Å²) >= 11 is 5.89. The van der Waals surface area contributed by atoms with Crippen LogP contribution in [-0.2, 0) is 4.79 Å². The van der Waals surface area contributed by atoms with Gasteiger partial charge in [0.1, 0.15) is 5.69 Å². The molecule has 0 spiro atoms. The van der Waals surface area contributed by atoms with Gasteiger partial charge in [0, 0.05) is 61.5 Å². The van der Waals surface area contributed by atoms with Gasteiger partial charge in [-0.1, -0.05) is 11.6 Å². The van der Waals surface area contributed by atoms with Gasteiger partial charge in [-0.3, -0.25) is 24.6 Å². The number of anilines is 2. The van der Waals surface area contributed by atoms with Crippen LogP contribution in [0.15, 0.2) is 42.5 Å². The van der Waals surface area contributed by atoms with Gasteiger partial charge in [-0.15, -0.1) is 0 Å². The Morgan fingerprint density at radius 3 is 2.37 bits per heavy atom. The molecule has 1 heterocycles. The summed E-state index contributed by atoms with van der Waals surface area (Å²) in [6.45, 7) is 4.79. The molecule has 1 amide bonds. The van der Waals surface area contributed by atoms with Crippen LogP contribution < -0.4 is 10.2 Å². The molecule has 1 saturated heterocycles. The van der Waals surface area contributed by atoms with E-state index in [0.717, 1.165) is 0 Å². The molecule has 0 aromatic heterocycles. The second kappa shape index (κ2) is 9.69. The van der Waals surface area contributed by atoms with Crippen LogP contribution in [0.2, 0.25) is 5.02 Å². The third kappa shape index (κ3) is 5.55. The molecule has 1 N–H and O–H groups in total. The van der Waals surface area contributed by atoms with Gasteiger partial charge in [0.15, 0.2) is 5.78 Å². The Labute approximate surface area is 179 Å². The molecule has 8 nitrogen and oxygen atoms in total. The summed E-state index contributed by atoms with van der Waals surface area (Å²) in [7, 11) is 0. The third-order valence-corrected chi connectivity index (χ3v) is 5.31. The smallest absolute Gasteiger partial charge is 0.294 e. The maximum Gasteiger partial charge on any atom is 0.294 e. The summed E-state index contributed by atoms with van der Waals surface area (Å²) < 4.78 is 0. The highest BCUT2D eigenvalue weighted by atomic mass is 35.5. The molecule has 0 atom stereocenters. The number of halogens is 1. The number of Topliss-reactive ketones (excluding diaryl/α,β-unsaturated/α-hetero) is 1. The number of carbonyl (C=O) groups excluding carboxylic acids is 2. The summed E-state index contributed by atoms with van der Waals surface area (Å²) in [6, 6.07) is 11.5. The Kier molecular flexibility index (Phi) is 7.02. The van der Waals surface area contributed by atoms with Crippen molar-refractivity contribution in [3.05, 3.63) is 63.2 Å². The summed E-state index contributed by atoms with van der Waals surface area (Å²) in [5, 5.41) is 14.5. The van der Waals surface area contributed by atoms with E-state index in [0.29, 0.717) is 61.1 Å². The summed E-state index contributed by atoms with van der Waals surface area (Å²) in [5.74, 6) is -0.114. The highest BCUT2D eigenvalue weighted by Crippen LogP contribution is 2.31. The first kappa shape index (κ1) is 21.7. The topological polar surface area (TPSA) is 95.8 Å². The zero-order valence-corrected chi connectivity index (χ0v) is 17.4. The molecule has 1 fully saturated rings. The van der Waals surface area contributed by atoms with Crippen LogP contribution in [0.3, 0.4) is 0 Å². The molecule has 1 aliphatic rings. The third-order valence-electron chi connectivity index (χ3n) is 5.08. The minimum absolute atomic E-state index is 0.00567. The number of rotatable bonds is 7. The molecule has 1 aliphatic heterocycles. The Hall–Kier alpha value is -2.97. The van der Waals surface area contributed by atoms with Crippen molar-refractivity contribution in [3.63, 3.8) is 0 Å². The Morgan fingerprint density at radius 1 is 1.10 bits per heavy atom. The molecule has 0 aliphatic carbocycles. The van der Waals surface area contributed by atoms with Gasteiger partial charge in [0.2, 0.25) is 5.91 Å². The molecule has 2 aromatic carbocycles. The number of benzene rings is 2. The Morgan fingerprint density at radius 2 is 1.77 bits per heavy atom. The zero-order valence-electron chi connectivity index (χ0n) is 16.6. The van der Waals surface area contributed by atoms with Crippen LogP contribution in [0, 0.1) is 10.1 Å². The Balaban J connectivity index is 1.47. The fourth-order valence-corrected chi connectivity index (χ4v) is 3.56. The average Bonchev–Trinajstić information content (AvgIpc) is 2.73. The molecular weight excluding hydrogens is 408 g/mol. The standard InChI is InChI=1S/C21H23ClN4O4/c1-15(27)16-2-5-18(6-3-16)23-21(28)8-9-24-10-12-25(13-11-24)19-7-4-17(22)14-20(19)26(29)30/h2-7,14H,8-13H2,1H3,(H,23,28). The van der Waals surface area contributed by atoms with Gasteiger partial charge < -0.3 is 10.2 Å². The molecule has 3 rings (SSSR count). The van der Waals surface area contributed by atoms with Crippen molar-refractivity contribution in [3.8, 4) is 0 Å². The molecule has 30 heavy (non-hydrogen) atoms. The Bertz CT molecular complexity index is 941. The number of amides is 1. The maximum atomic E-state index is 12.2. The molecule has 0 unspecified atom stereocenters. The SMILES string of the molecule is CC(=O)c1ccc(NC(=O)CCN2CCN(c3ccc(Cl)cc3[N+](=O)[O-])CC2)cc1. The molecule has 158 valence electrons. The van der Waals surface area contributed by atoms with Crippen LogP contribution in [0.5, 0.6) is 0 Å². The van der Waals surface area contributed by atoms with Crippen molar-refractivity contribution in [1.82, 2.24) is 4.90 Å². The van der Waals surface area contributed by atoms with E-state index in [1.165, 1.54) is 13.0 Å². The minimum atomic E-state index is -0.416. The van der Waals surface area contributed by atoms with Crippen molar-refractivity contribution in [2.75, 3.05) is 42.9 Å². The predicted molar refractivity (Wildman–Crippen MR) is 116 cm³/mol.